The first-order valence-electron chi connectivity index (χ1n) is 5.28. The Balaban J connectivity index is 2.30. The van der Waals surface area contributed by atoms with Gasteiger partial charge in [0.25, 0.3) is 0 Å². The number of Topliss-reactive ketones (excluding diaryl/α,β-unsaturated/α-hetero) is 1. The molecule has 1 heteroatoms. The first-order valence-corrected chi connectivity index (χ1v) is 5.28. The summed E-state index contributed by atoms with van der Waals surface area (Å²) in [5.41, 5.74) is 0. The van der Waals surface area contributed by atoms with Crippen LogP contribution in [0, 0.1) is 11.8 Å². The number of carbonyl (C=O) groups is 1. The Kier molecular flexibility index (Phi) is 3.77. The summed E-state index contributed by atoms with van der Waals surface area (Å²) >= 11 is 0. The van der Waals surface area contributed by atoms with Crippen LogP contribution in [-0.2, 0) is 4.79 Å². The van der Waals surface area contributed by atoms with E-state index in [-0.39, 0.29) is 0 Å². The van der Waals surface area contributed by atoms with Crippen LogP contribution in [0.5, 0.6) is 0 Å². The van der Waals surface area contributed by atoms with E-state index in [2.05, 4.69) is 13.8 Å². The first kappa shape index (κ1) is 9.76. The molecule has 1 saturated carbocycles. The van der Waals surface area contributed by atoms with Gasteiger partial charge in [0.15, 0.2) is 0 Å². The van der Waals surface area contributed by atoms with Crippen LogP contribution in [0.3, 0.4) is 0 Å². The van der Waals surface area contributed by atoms with Gasteiger partial charge in [-0.25, -0.2) is 0 Å². The second kappa shape index (κ2) is 4.64. The zero-order valence-electron chi connectivity index (χ0n) is 8.31. The Morgan fingerprint density at radius 3 is 2.67 bits per heavy atom. The van der Waals surface area contributed by atoms with Crippen LogP contribution in [0.15, 0.2) is 0 Å². The van der Waals surface area contributed by atoms with Gasteiger partial charge in [0, 0.05) is 12.3 Å². The Hall–Kier alpha value is -0.330. The number of hydrogen-bond donors (Lipinski definition) is 0. The van der Waals surface area contributed by atoms with Gasteiger partial charge in [0.2, 0.25) is 0 Å². The van der Waals surface area contributed by atoms with Gasteiger partial charge in [-0.15, -0.1) is 0 Å². The summed E-state index contributed by atoms with van der Waals surface area (Å²) in [7, 11) is 0. The SMILES string of the molecule is CCCCC(=O)C1CCCC1C. The van der Waals surface area contributed by atoms with Gasteiger partial charge in [-0.2, -0.15) is 0 Å². The standard InChI is InChI=1S/C11H20O/c1-3-4-8-11(12)10-7-5-6-9(10)2/h9-10H,3-8H2,1-2H3. The van der Waals surface area contributed by atoms with E-state index in [1.54, 1.807) is 0 Å². The molecule has 0 saturated heterocycles. The Labute approximate surface area is 75.5 Å². The lowest BCUT2D eigenvalue weighted by Gasteiger charge is -2.12. The number of rotatable bonds is 4. The van der Waals surface area contributed by atoms with Crippen molar-refractivity contribution in [2.45, 2.75) is 52.4 Å². The third-order valence-corrected chi connectivity index (χ3v) is 3.05. The molecule has 2 atom stereocenters. The van der Waals surface area contributed by atoms with Gasteiger partial charge in [0.1, 0.15) is 5.78 Å². The maximum Gasteiger partial charge on any atom is 0.136 e. The first-order chi connectivity index (χ1) is 5.75. The van der Waals surface area contributed by atoms with E-state index in [0.717, 1.165) is 25.7 Å². The van der Waals surface area contributed by atoms with Crippen LogP contribution in [0.1, 0.15) is 52.4 Å². The third-order valence-electron chi connectivity index (χ3n) is 3.05. The molecule has 1 aliphatic carbocycles. The lowest BCUT2D eigenvalue weighted by molar-refractivity contribution is -0.123. The molecule has 0 aromatic heterocycles. The minimum Gasteiger partial charge on any atom is -0.299 e. The van der Waals surface area contributed by atoms with Crippen molar-refractivity contribution in [3.05, 3.63) is 0 Å². The van der Waals surface area contributed by atoms with Crippen molar-refractivity contribution in [2.24, 2.45) is 11.8 Å². The third kappa shape index (κ3) is 2.33. The molecule has 2 unspecified atom stereocenters. The average Bonchev–Trinajstić information content (AvgIpc) is 2.47. The van der Waals surface area contributed by atoms with Crippen molar-refractivity contribution >= 4 is 5.78 Å². The molecule has 12 heavy (non-hydrogen) atoms. The highest BCUT2D eigenvalue weighted by Gasteiger charge is 2.28. The Bertz CT molecular complexity index is 151. The van der Waals surface area contributed by atoms with E-state index in [1.807, 2.05) is 0 Å². The van der Waals surface area contributed by atoms with Crippen molar-refractivity contribution in [1.29, 1.82) is 0 Å². The van der Waals surface area contributed by atoms with Gasteiger partial charge >= 0.3 is 0 Å². The molecule has 70 valence electrons. The predicted molar refractivity (Wildman–Crippen MR) is 51.0 cm³/mol. The van der Waals surface area contributed by atoms with E-state index in [4.69, 9.17) is 0 Å². The average molecular weight is 168 g/mol. The van der Waals surface area contributed by atoms with Crippen LogP contribution in [0.25, 0.3) is 0 Å². The summed E-state index contributed by atoms with van der Waals surface area (Å²) in [5.74, 6) is 1.60. The molecular formula is C11H20O. The summed E-state index contributed by atoms with van der Waals surface area (Å²) in [6.07, 6.45) is 6.75. The second-order valence-electron chi connectivity index (χ2n) is 4.08. The van der Waals surface area contributed by atoms with E-state index < -0.39 is 0 Å². The molecule has 1 fully saturated rings. The predicted octanol–water partition coefficient (Wildman–Crippen LogP) is 3.18. The largest absolute Gasteiger partial charge is 0.299 e. The summed E-state index contributed by atoms with van der Waals surface area (Å²) in [4.78, 5) is 11.6. The molecule has 1 nitrogen and oxygen atoms in total. The summed E-state index contributed by atoms with van der Waals surface area (Å²) < 4.78 is 0. The van der Waals surface area contributed by atoms with E-state index in [0.29, 0.717) is 17.6 Å². The van der Waals surface area contributed by atoms with Gasteiger partial charge in [0.05, 0.1) is 0 Å². The molecule has 0 radical (unpaired) electrons. The fourth-order valence-corrected chi connectivity index (χ4v) is 2.16. The Morgan fingerprint density at radius 1 is 1.42 bits per heavy atom. The highest BCUT2D eigenvalue weighted by atomic mass is 16.1. The number of hydrogen-bond acceptors (Lipinski definition) is 1. The fraction of sp³-hybridized carbons (Fsp3) is 0.909. The van der Waals surface area contributed by atoms with Crippen molar-refractivity contribution in [3.63, 3.8) is 0 Å². The maximum atomic E-state index is 11.6. The smallest absolute Gasteiger partial charge is 0.136 e. The van der Waals surface area contributed by atoms with Crippen molar-refractivity contribution < 1.29 is 4.79 Å². The maximum absolute atomic E-state index is 11.6. The molecular weight excluding hydrogens is 148 g/mol. The van der Waals surface area contributed by atoms with E-state index >= 15 is 0 Å². The van der Waals surface area contributed by atoms with Gasteiger partial charge in [-0.05, 0) is 25.2 Å². The number of ketones is 1. The van der Waals surface area contributed by atoms with E-state index in [9.17, 15) is 4.79 Å². The fourth-order valence-electron chi connectivity index (χ4n) is 2.16. The summed E-state index contributed by atoms with van der Waals surface area (Å²) in [5, 5.41) is 0. The van der Waals surface area contributed by atoms with Crippen LogP contribution in [0.2, 0.25) is 0 Å². The van der Waals surface area contributed by atoms with Crippen LogP contribution < -0.4 is 0 Å². The second-order valence-corrected chi connectivity index (χ2v) is 4.08. The monoisotopic (exact) mass is 168 g/mol. The minimum atomic E-state index is 0.413. The van der Waals surface area contributed by atoms with Gasteiger partial charge in [-0.1, -0.05) is 26.7 Å². The van der Waals surface area contributed by atoms with E-state index in [1.165, 1.54) is 12.8 Å². The normalized spacial score (nSPS) is 29.2. The van der Waals surface area contributed by atoms with Crippen LogP contribution in [-0.4, -0.2) is 5.78 Å². The molecule has 0 N–H and O–H groups in total. The number of carbonyl (C=O) groups excluding carboxylic acids is 1. The quantitative estimate of drug-likeness (QED) is 0.630. The molecule has 0 spiro atoms. The topological polar surface area (TPSA) is 17.1 Å². The molecule has 0 bridgehead atoms. The molecule has 0 heterocycles. The molecule has 1 rings (SSSR count). The molecule has 0 aromatic rings. The zero-order chi connectivity index (χ0) is 8.97. The summed E-state index contributed by atoms with van der Waals surface area (Å²) in [6.45, 7) is 4.37. The zero-order valence-corrected chi connectivity index (χ0v) is 8.31. The van der Waals surface area contributed by atoms with Crippen LogP contribution >= 0.6 is 0 Å². The molecule has 0 aromatic carbocycles. The summed E-state index contributed by atoms with van der Waals surface area (Å²) in [6, 6.07) is 0. The highest BCUT2D eigenvalue weighted by molar-refractivity contribution is 5.81. The van der Waals surface area contributed by atoms with Crippen molar-refractivity contribution in [1.82, 2.24) is 0 Å². The van der Waals surface area contributed by atoms with Crippen molar-refractivity contribution in [2.75, 3.05) is 0 Å². The van der Waals surface area contributed by atoms with Crippen molar-refractivity contribution in [3.8, 4) is 0 Å². The highest BCUT2D eigenvalue weighted by Crippen LogP contribution is 2.32. The van der Waals surface area contributed by atoms with Crippen LogP contribution in [0.4, 0.5) is 0 Å². The Morgan fingerprint density at radius 2 is 2.17 bits per heavy atom. The lowest BCUT2D eigenvalue weighted by Crippen LogP contribution is -2.16. The minimum absolute atomic E-state index is 0.413. The molecule has 0 amide bonds. The lowest BCUT2D eigenvalue weighted by atomic mass is 9.91. The number of unbranched alkanes of at least 4 members (excludes halogenated alkanes) is 1. The van der Waals surface area contributed by atoms with Gasteiger partial charge in [-0.3, -0.25) is 4.79 Å². The molecule has 0 aliphatic heterocycles. The molecule has 1 aliphatic rings. The van der Waals surface area contributed by atoms with Gasteiger partial charge < -0.3 is 0 Å².